The summed E-state index contributed by atoms with van der Waals surface area (Å²) >= 11 is 5.85. The van der Waals surface area contributed by atoms with E-state index in [1.807, 2.05) is 17.8 Å². The molecule has 2 saturated heterocycles. The van der Waals surface area contributed by atoms with E-state index >= 15 is 0 Å². The molecular formula is C13H19ClN4O. The highest BCUT2D eigenvalue weighted by Gasteiger charge is 2.39. The predicted octanol–water partition coefficient (Wildman–Crippen LogP) is 1.23. The Morgan fingerprint density at radius 1 is 1.47 bits per heavy atom. The van der Waals surface area contributed by atoms with E-state index in [4.69, 9.17) is 11.6 Å². The molecule has 2 aliphatic rings. The van der Waals surface area contributed by atoms with E-state index in [1.165, 1.54) is 0 Å². The fourth-order valence-electron chi connectivity index (χ4n) is 3.12. The number of amides is 1. The van der Waals surface area contributed by atoms with Gasteiger partial charge in [-0.1, -0.05) is 11.6 Å². The van der Waals surface area contributed by atoms with Crippen molar-refractivity contribution in [2.45, 2.75) is 38.4 Å². The third-order valence-corrected chi connectivity index (χ3v) is 4.42. The second-order valence-corrected chi connectivity index (χ2v) is 5.86. The van der Waals surface area contributed by atoms with Crippen molar-refractivity contribution < 1.29 is 4.79 Å². The fraction of sp³-hybridized carbons (Fsp3) is 0.692. The largest absolute Gasteiger partial charge is 0.337 e. The third kappa shape index (κ3) is 2.49. The molecule has 2 atom stereocenters. The van der Waals surface area contributed by atoms with Gasteiger partial charge in [0.2, 0.25) is 5.91 Å². The van der Waals surface area contributed by atoms with Crippen molar-refractivity contribution in [2.75, 3.05) is 19.6 Å². The zero-order valence-electron chi connectivity index (χ0n) is 11.1. The van der Waals surface area contributed by atoms with Gasteiger partial charge in [0.15, 0.2) is 0 Å². The van der Waals surface area contributed by atoms with Crippen LogP contribution in [0.15, 0.2) is 12.4 Å². The summed E-state index contributed by atoms with van der Waals surface area (Å²) in [5, 5.41) is 4.83. The number of piperazine rings is 1. The number of fused-ring (bicyclic) bond motifs is 1. The van der Waals surface area contributed by atoms with Crippen molar-refractivity contribution in [3.05, 3.63) is 17.4 Å². The quantitative estimate of drug-likeness (QED) is 0.837. The molecular weight excluding hydrogens is 264 g/mol. The number of aromatic nitrogens is 2. The lowest BCUT2D eigenvalue weighted by molar-refractivity contribution is -0.142. The first-order chi connectivity index (χ1) is 9.15. The van der Waals surface area contributed by atoms with Crippen LogP contribution in [-0.4, -0.2) is 57.2 Å². The standard InChI is InChI=1S/C13H19ClN4O/c1-10-13(19)18-4-2-3-12(18)9-16(10)5-6-17-8-11(14)7-15-17/h7-8,10,12H,2-6,9H2,1H3/t10-,12-/m1/s1. The molecule has 19 heavy (non-hydrogen) atoms. The maximum Gasteiger partial charge on any atom is 0.239 e. The number of carbonyl (C=O) groups is 1. The molecule has 104 valence electrons. The van der Waals surface area contributed by atoms with Crippen LogP contribution in [0.5, 0.6) is 0 Å². The number of halogens is 1. The van der Waals surface area contributed by atoms with E-state index in [0.29, 0.717) is 11.1 Å². The van der Waals surface area contributed by atoms with Gasteiger partial charge >= 0.3 is 0 Å². The van der Waals surface area contributed by atoms with Gasteiger partial charge in [-0.25, -0.2) is 0 Å². The summed E-state index contributed by atoms with van der Waals surface area (Å²) in [6.45, 7) is 5.55. The minimum atomic E-state index is -0.0135. The number of hydrogen-bond donors (Lipinski definition) is 0. The highest BCUT2D eigenvalue weighted by molar-refractivity contribution is 6.30. The normalized spacial score (nSPS) is 27.9. The van der Waals surface area contributed by atoms with Crippen LogP contribution < -0.4 is 0 Å². The second-order valence-electron chi connectivity index (χ2n) is 5.42. The molecule has 1 amide bonds. The van der Waals surface area contributed by atoms with Gasteiger partial charge in [0.1, 0.15) is 0 Å². The first-order valence-electron chi connectivity index (χ1n) is 6.87. The SMILES string of the molecule is C[C@@H]1C(=O)N2CCC[C@@H]2CN1CCn1cc(Cl)cn1. The molecule has 3 rings (SSSR count). The number of nitrogens with zero attached hydrogens (tertiary/aromatic N) is 4. The number of carbonyl (C=O) groups excluding carboxylic acids is 1. The summed E-state index contributed by atoms with van der Waals surface area (Å²) in [5.74, 6) is 0.284. The van der Waals surface area contributed by atoms with E-state index in [9.17, 15) is 4.79 Å². The molecule has 0 spiro atoms. The molecule has 3 heterocycles. The summed E-state index contributed by atoms with van der Waals surface area (Å²) in [6, 6.07) is 0.408. The molecule has 1 aromatic heterocycles. The summed E-state index contributed by atoms with van der Waals surface area (Å²) in [5.41, 5.74) is 0. The van der Waals surface area contributed by atoms with Crippen LogP contribution in [-0.2, 0) is 11.3 Å². The van der Waals surface area contributed by atoms with E-state index < -0.39 is 0 Å². The van der Waals surface area contributed by atoms with E-state index in [-0.39, 0.29) is 11.9 Å². The average Bonchev–Trinajstić information content (AvgIpc) is 3.01. The molecule has 1 aromatic rings. The average molecular weight is 283 g/mol. The Balaban J connectivity index is 1.62. The van der Waals surface area contributed by atoms with Crippen molar-refractivity contribution in [1.29, 1.82) is 0 Å². The van der Waals surface area contributed by atoms with Gasteiger partial charge in [-0.2, -0.15) is 5.10 Å². The van der Waals surface area contributed by atoms with Crippen LogP contribution in [0.25, 0.3) is 0 Å². The molecule has 2 fully saturated rings. The van der Waals surface area contributed by atoms with Gasteiger partial charge < -0.3 is 4.90 Å². The lowest BCUT2D eigenvalue weighted by Gasteiger charge is -2.41. The number of rotatable bonds is 3. The first kappa shape index (κ1) is 12.9. The maximum atomic E-state index is 12.3. The Morgan fingerprint density at radius 2 is 2.32 bits per heavy atom. The van der Waals surface area contributed by atoms with Crippen molar-refractivity contribution in [3.8, 4) is 0 Å². The molecule has 6 heteroatoms. The second kappa shape index (κ2) is 5.13. The van der Waals surface area contributed by atoms with Gasteiger partial charge in [-0.05, 0) is 19.8 Å². The van der Waals surface area contributed by atoms with Gasteiger partial charge in [-0.3, -0.25) is 14.4 Å². The zero-order valence-corrected chi connectivity index (χ0v) is 11.9. The van der Waals surface area contributed by atoms with Crippen molar-refractivity contribution in [2.24, 2.45) is 0 Å². The smallest absolute Gasteiger partial charge is 0.239 e. The van der Waals surface area contributed by atoms with Crippen LogP contribution in [0, 0.1) is 0 Å². The third-order valence-electron chi connectivity index (χ3n) is 4.23. The minimum absolute atomic E-state index is 0.0135. The maximum absolute atomic E-state index is 12.3. The molecule has 0 aromatic carbocycles. The summed E-state index contributed by atoms with van der Waals surface area (Å²) in [7, 11) is 0. The van der Waals surface area contributed by atoms with Gasteiger partial charge in [-0.15, -0.1) is 0 Å². The molecule has 0 saturated carbocycles. The van der Waals surface area contributed by atoms with Crippen molar-refractivity contribution in [3.63, 3.8) is 0 Å². The molecule has 0 aliphatic carbocycles. The van der Waals surface area contributed by atoms with Gasteiger partial charge in [0.05, 0.1) is 23.8 Å². The van der Waals surface area contributed by atoms with Crippen molar-refractivity contribution >= 4 is 17.5 Å². The van der Waals surface area contributed by atoms with Gasteiger partial charge in [0.25, 0.3) is 0 Å². The monoisotopic (exact) mass is 282 g/mol. The lowest BCUT2D eigenvalue weighted by Crippen LogP contribution is -2.58. The lowest BCUT2D eigenvalue weighted by atomic mass is 10.1. The Morgan fingerprint density at radius 3 is 3.05 bits per heavy atom. The summed E-state index contributed by atoms with van der Waals surface area (Å²) in [4.78, 5) is 16.6. The van der Waals surface area contributed by atoms with Crippen LogP contribution in [0.2, 0.25) is 5.02 Å². The Labute approximate surface area is 118 Å². The topological polar surface area (TPSA) is 41.4 Å². The Hall–Kier alpha value is -1.07. The van der Waals surface area contributed by atoms with Crippen molar-refractivity contribution in [1.82, 2.24) is 19.6 Å². The molecule has 2 aliphatic heterocycles. The Kier molecular flexibility index (Phi) is 3.50. The highest BCUT2D eigenvalue weighted by atomic mass is 35.5. The van der Waals surface area contributed by atoms with E-state index in [2.05, 4.69) is 14.9 Å². The molecule has 0 radical (unpaired) electrons. The van der Waals surface area contributed by atoms with Crippen LogP contribution in [0.4, 0.5) is 0 Å². The Bertz CT molecular complexity index is 475. The fourth-order valence-corrected chi connectivity index (χ4v) is 3.27. The summed E-state index contributed by atoms with van der Waals surface area (Å²) in [6.07, 6.45) is 5.75. The van der Waals surface area contributed by atoms with Crippen LogP contribution in [0.1, 0.15) is 19.8 Å². The molecule has 0 bridgehead atoms. The zero-order chi connectivity index (χ0) is 13.4. The molecule has 0 unspecified atom stereocenters. The minimum Gasteiger partial charge on any atom is -0.337 e. The first-order valence-corrected chi connectivity index (χ1v) is 7.25. The summed E-state index contributed by atoms with van der Waals surface area (Å²) < 4.78 is 1.83. The van der Waals surface area contributed by atoms with Gasteiger partial charge in [0, 0.05) is 31.9 Å². The van der Waals surface area contributed by atoms with E-state index in [0.717, 1.165) is 39.0 Å². The predicted molar refractivity (Wildman–Crippen MR) is 73.0 cm³/mol. The molecule has 0 N–H and O–H groups in total. The van der Waals surface area contributed by atoms with Crippen LogP contribution >= 0.6 is 11.6 Å². The highest BCUT2D eigenvalue weighted by Crippen LogP contribution is 2.25. The van der Waals surface area contributed by atoms with Crippen LogP contribution in [0.3, 0.4) is 0 Å². The molecule has 5 nitrogen and oxygen atoms in total. The van der Waals surface area contributed by atoms with E-state index in [1.54, 1.807) is 6.20 Å². The number of hydrogen-bond acceptors (Lipinski definition) is 3.